The van der Waals surface area contributed by atoms with Gasteiger partial charge in [0.15, 0.2) is 0 Å². The van der Waals surface area contributed by atoms with E-state index >= 15 is 0 Å². The Morgan fingerprint density at radius 1 is 0.793 bits per heavy atom. The first-order chi connectivity index (χ1) is 14.0. The standard InChI is InChI=1S/C26H36O3/c1-6-12-20-21(13-7-2)24(17-25(29-26(27)28)23(20)14-8-3)22-16-11-15-18(9-4)19(22)10-5/h11,15-17H,6-10,12-14H2,1-5H3,(H,27,28). The molecule has 0 aliphatic carbocycles. The molecule has 1 N–H and O–H groups in total. The van der Waals surface area contributed by atoms with Crippen molar-refractivity contribution in [3.05, 3.63) is 52.1 Å². The van der Waals surface area contributed by atoms with Crippen LogP contribution in [0, 0.1) is 0 Å². The predicted octanol–water partition coefficient (Wildman–Crippen LogP) is 7.39. The molecule has 0 unspecified atom stereocenters. The molecule has 0 heterocycles. The molecular formula is C26H36O3. The summed E-state index contributed by atoms with van der Waals surface area (Å²) in [6, 6.07) is 8.51. The fraction of sp³-hybridized carbons (Fsp3) is 0.500. The van der Waals surface area contributed by atoms with E-state index in [0.29, 0.717) is 5.75 Å². The van der Waals surface area contributed by atoms with E-state index in [2.05, 4.69) is 52.8 Å². The molecule has 3 heteroatoms. The van der Waals surface area contributed by atoms with Gasteiger partial charge in [0.1, 0.15) is 5.75 Å². The first-order valence-electron chi connectivity index (χ1n) is 11.2. The number of carbonyl (C=O) groups is 1. The van der Waals surface area contributed by atoms with Gasteiger partial charge in [-0.15, -0.1) is 0 Å². The maximum atomic E-state index is 11.5. The fourth-order valence-electron chi connectivity index (χ4n) is 4.47. The molecule has 0 saturated carbocycles. The first kappa shape index (κ1) is 23.0. The zero-order valence-electron chi connectivity index (χ0n) is 18.7. The summed E-state index contributed by atoms with van der Waals surface area (Å²) in [4.78, 5) is 11.5. The lowest BCUT2D eigenvalue weighted by Crippen LogP contribution is -2.11. The van der Waals surface area contributed by atoms with Crippen molar-refractivity contribution in [3.63, 3.8) is 0 Å². The number of aryl methyl sites for hydroxylation is 1. The lowest BCUT2D eigenvalue weighted by molar-refractivity contribution is 0.144. The maximum Gasteiger partial charge on any atom is 0.511 e. The molecule has 2 aromatic carbocycles. The molecule has 2 rings (SSSR count). The van der Waals surface area contributed by atoms with Crippen LogP contribution < -0.4 is 4.74 Å². The molecule has 0 aliphatic heterocycles. The van der Waals surface area contributed by atoms with E-state index in [4.69, 9.17) is 4.74 Å². The van der Waals surface area contributed by atoms with Gasteiger partial charge in [0.25, 0.3) is 0 Å². The number of benzene rings is 2. The molecule has 3 nitrogen and oxygen atoms in total. The van der Waals surface area contributed by atoms with Crippen LogP contribution in [-0.2, 0) is 32.1 Å². The van der Waals surface area contributed by atoms with Crippen LogP contribution in [0.25, 0.3) is 11.1 Å². The summed E-state index contributed by atoms with van der Waals surface area (Å²) in [5.41, 5.74) is 8.85. The van der Waals surface area contributed by atoms with Crippen LogP contribution in [0.1, 0.15) is 81.7 Å². The van der Waals surface area contributed by atoms with Crippen LogP contribution in [0.15, 0.2) is 24.3 Å². The summed E-state index contributed by atoms with van der Waals surface area (Å²) in [6.07, 6.45) is 6.54. The van der Waals surface area contributed by atoms with Gasteiger partial charge in [0.05, 0.1) is 0 Å². The van der Waals surface area contributed by atoms with Gasteiger partial charge in [-0.05, 0) is 77.1 Å². The Balaban J connectivity index is 2.89. The maximum absolute atomic E-state index is 11.5. The minimum Gasteiger partial charge on any atom is -0.449 e. The lowest BCUT2D eigenvalue weighted by atomic mass is 9.83. The molecule has 0 fully saturated rings. The van der Waals surface area contributed by atoms with Crippen molar-refractivity contribution in [2.24, 2.45) is 0 Å². The van der Waals surface area contributed by atoms with Gasteiger partial charge in [0.2, 0.25) is 0 Å². The number of rotatable bonds is 10. The molecule has 158 valence electrons. The van der Waals surface area contributed by atoms with Crippen molar-refractivity contribution in [1.29, 1.82) is 0 Å². The molecule has 29 heavy (non-hydrogen) atoms. The second-order valence-corrected chi connectivity index (χ2v) is 7.63. The number of ether oxygens (including phenoxy) is 1. The largest absolute Gasteiger partial charge is 0.511 e. The van der Waals surface area contributed by atoms with Gasteiger partial charge in [0, 0.05) is 0 Å². The highest BCUT2D eigenvalue weighted by Crippen LogP contribution is 2.39. The number of carboxylic acid groups (broad SMARTS) is 1. The molecule has 0 bridgehead atoms. The Morgan fingerprint density at radius 2 is 1.41 bits per heavy atom. The van der Waals surface area contributed by atoms with Crippen LogP contribution >= 0.6 is 0 Å². The Bertz CT molecular complexity index is 836. The van der Waals surface area contributed by atoms with Crippen molar-refractivity contribution in [2.75, 3.05) is 0 Å². The van der Waals surface area contributed by atoms with E-state index in [1.54, 1.807) is 0 Å². The van der Waals surface area contributed by atoms with Crippen molar-refractivity contribution in [1.82, 2.24) is 0 Å². The van der Waals surface area contributed by atoms with E-state index in [0.717, 1.165) is 62.5 Å². The van der Waals surface area contributed by atoms with Gasteiger partial charge < -0.3 is 9.84 Å². The highest BCUT2D eigenvalue weighted by atomic mass is 16.7. The normalized spacial score (nSPS) is 10.9. The second-order valence-electron chi connectivity index (χ2n) is 7.63. The Hall–Kier alpha value is -2.29. The molecular weight excluding hydrogens is 360 g/mol. The third-order valence-corrected chi connectivity index (χ3v) is 5.62. The fourth-order valence-corrected chi connectivity index (χ4v) is 4.47. The highest BCUT2D eigenvalue weighted by molar-refractivity contribution is 5.77. The molecule has 0 atom stereocenters. The summed E-state index contributed by atoms with van der Waals surface area (Å²) in [6.45, 7) is 10.9. The smallest absolute Gasteiger partial charge is 0.449 e. The molecule has 0 radical (unpaired) electrons. The average molecular weight is 397 g/mol. The summed E-state index contributed by atoms with van der Waals surface area (Å²) >= 11 is 0. The van der Waals surface area contributed by atoms with Crippen molar-refractivity contribution in [2.45, 2.75) is 86.0 Å². The van der Waals surface area contributed by atoms with E-state index in [1.807, 2.05) is 6.07 Å². The topological polar surface area (TPSA) is 46.5 Å². The Morgan fingerprint density at radius 3 is 1.97 bits per heavy atom. The molecule has 0 amide bonds. The minimum absolute atomic E-state index is 0.515. The SMILES string of the molecule is CCCc1c(OC(=O)O)cc(-c2cccc(CC)c2CC)c(CCC)c1CCC. The van der Waals surface area contributed by atoms with Crippen molar-refractivity contribution < 1.29 is 14.6 Å². The second kappa shape index (κ2) is 11.0. The Kier molecular flexibility index (Phi) is 8.75. The van der Waals surface area contributed by atoms with Crippen LogP contribution in [0.5, 0.6) is 5.75 Å². The minimum atomic E-state index is -1.24. The first-order valence-corrected chi connectivity index (χ1v) is 11.2. The van der Waals surface area contributed by atoms with Gasteiger partial charge >= 0.3 is 6.16 Å². The van der Waals surface area contributed by atoms with Gasteiger partial charge in [-0.25, -0.2) is 4.79 Å². The predicted molar refractivity (Wildman–Crippen MR) is 121 cm³/mol. The Labute approximate surface area is 176 Å². The average Bonchev–Trinajstić information content (AvgIpc) is 2.71. The zero-order valence-corrected chi connectivity index (χ0v) is 18.7. The number of hydrogen-bond acceptors (Lipinski definition) is 2. The summed E-state index contributed by atoms with van der Waals surface area (Å²) in [7, 11) is 0. The van der Waals surface area contributed by atoms with Gasteiger partial charge in [-0.3, -0.25) is 0 Å². The molecule has 0 aliphatic rings. The summed E-state index contributed by atoms with van der Waals surface area (Å²) in [5, 5.41) is 9.38. The van der Waals surface area contributed by atoms with Crippen LogP contribution in [0.2, 0.25) is 0 Å². The third-order valence-electron chi connectivity index (χ3n) is 5.62. The van der Waals surface area contributed by atoms with E-state index in [1.165, 1.54) is 27.8 Å². The highest BCUT2D eigenvalue weighted by Gasteiger charge is 2.21. The van der Waals surface area contributed by atoms with Crippen molar-refractivity contribution >= 4 is 6.16 Å². The zero-order chi connectivity index (χ0) is 21.4. The van der Waals surface area contributed by atoms with E-state index < -0.39 is 6.16 Å². The molecule has 0 aromatic heterocycles. The third kappa shape index (κ3) is 5.20. The van der Waals surface area contributed by atoms with Crippen LogP contribution in [-0.4, -0.2) is 11.3 Å². The molecule has 0 spiro atoms. The monoisotopic (exact) mass is 396 g/mol. The number of hydrogen-bond donors (Lipinski definition) is 1. The van der Waals surface area contributed by atoms with E-state index in [9.17, 15) is 9.90 Å². The van der Waals surface area contributed by atoms with Gasteiger partial charge in [-0.2, -0.15) is 0 Å². The molecule has 2 aromatic rings. The van der Waals surface area contributed by atoms with Gasteiger partial charge in [-0.1, -0.05) is 72.1 Å². The summed E-state index contributed by atoms with van der Waals surface area (Å²) in [5.74, 6) is 0.515. The summed E-state index contributed by atoms with van der Waals surface area (Å²) < 4.78 is 5.33. The molecule has 0 saturated heterocycles. The quantitative estimate of drug-likeness (QED) is 0.336. The van der Waals surface area contributed by atoms with E-state index in [-0.39, 0.29) is 0 Å². The van der Waals surface area contributed by atoms with Crippen LogP contribution in [0.3, 0.4) is 0 Å². The van der Waals surface area contributed by atoms with Crippen LogP contribution in [0.4, 0.5) is 4.79 Å². The lowest BCUT2D eigenvalue weighted by Gasteiger charge is -2.23. The van der Waals surface area contributed by atoms with Crippen molar-refractivity contribution in [3.8, 4) is 16.9 Å².